The van der Waals surface area contributed by atoms with Gasteiger partial charge in [-0.25, -0.2) is 4.57 Å². The molecule has 3 aromatic rings. The maximum absolute atomic E-state index is 2.44. The number of hydrogen-bond acceptors (Lipinski definition) is 0. The van der Waals surface area contributed by atoms with Crippen LogP contribution in [0.4, 0.5) is 0 Å². The zero-order chi connectivity index (χ0) is 21.3. The topological polar surface area (TPSA) is 3.88 Å². The molecule has 29 heavy (non-hydrogen) atoms. The fourth-order valence-electron chi connectivity index (χ4n) is 4.30. The maximum atomic E-state index is 2.44. The quantitative estimate of drug-likeness (QED) is 0.418. The van der Waals surface area contributed by atoms with Gasteiger partial charge in [0.25, 0.3) is 0 Å². The van der Waals surface area contributed by atoms with Gasteiger partial charge in [0.15, 0.2) is 6.20 Å². The normalized spacial score (nSPS) is 11.9. The molecule has 2 aromatic carbocycles. The van der Waals surface area contributed by atoms with Crippen LogP contribution in [0.15, 0.2) is 54.7 Å². The first-order valence-corrected chi connectivity index (χ1v) is 10.8. The Balaban J connectivity index is 2.20. The van der Waals surface area contributed by atoms with Gasteiger partial charge in [0.1, 0.15) is 7.05 Å². The van der Waals surface area contributed by atoms with E-state index in [9.17, 15) is 0 Å². The minimum absolute atomic E-state index is 0.263. The molecule has 0 spiro atoms. The first-order chi connectivity index (χ1) is 13.6. The summed E-state index contributed by atoms with van der Waals surface area (Å²) in [6.45, 7) is 16.0. The van der Waals surface area contributed by atoms with E-state index >= 15 is 0 Å². The molecule has 0 radical (unpaired) electrons. The van der Waals surface area contributed by atoms with Crippen LogP contribution < -0.4 is 4.57 Å². The molecule has 0 aliphatic carbocycles. The Hall–Kier alpha value is -2.41. The van der Waals surface area contributed by atoms with E-state index in [-0.39, 0.29) is 5.41 Å². The molecule has 0 fully saturated rings. The van der Waals surface area contributed by atoms with Crippen LogP contribution in [0.5, 0.6) is 0 Å². The largest absolute Gasteiger partial charge is 0.212 e. The van der Waals surface area contributed by atoms with Gasteiger partial charge in [0.2, 0.25) is 5.69 Å². The monoisotopic (exact) mass is 386 g/mol. The zero-order valence-electron chi connectivity index (χ0n) is 19.4. The summed E-state index contributed by atoms with van der Waals surface area (Å²) in [7, 11) is 2.18. The summed E-state index contributed by atoms with van der Waals surface area (Å²) in [5.74, 6) is 0.520. The molecule has 0 aliphatic heterocycles. The molecule has 1 heteroatoms. The minimum Gasteiger partial charge on any atom is -0.201 e. The van der Waals surface area contributed by atoms with E-state index in [4.69, 9.17) is 0 Å². The molecule has 1 nitrogen and oxygen atoms in total. The van der Waals surface area contributed by atoms with Crippen LogP contribution in [-0.2, 0) is 13.5 Å². The predicted molar refractivity (Wildman–Crippen MR) is 125 cm³/mol. The molecule has 0 atom stereocenters. The van der Waals surface area contributed by atoms with Crippen molar-refractivity contribution >= 4 is 0 Å². The van der Waals surface area contributed by atoms with Crippen molar-refractivity contribution in [1.82, 2.24) is 0 Å². The van der Waals surface area contributed by atoms with Gasteiger partial charge in [-0.2, -0.15) is 0 Å². The van der Waals surface area contributed by atoms with E-state index in [1.807, 2.05) is 0 Å². The zero-order valence-corrected chi connectivity index (χ0v) is 19.4. The second-order valence-electron chi connectivity index (χ2n) is 9.94. The van der Waals surface area contributed by atoms with Crippen molar-refractivity contribution in [2.24, 2.45) is 12.5 Å². The first-order valence-electron chi connectivity index (χ1n) is 10.8. The summed E-state index contributed by atoms with van der Waals surface area (Å²) in [4.78, 5) is 0. The maximum Gasteiger partial charge on any atom is 0.212 e. The van der Waals surface area contributed by atoms with Crippen molar-refractivity contribution in [3.05, 3.63) is 77.0 Å². The van der Waals surface area contributed by atoms with Gasteiger partial charge in [-0.3, -0.25) is 0 Å². The SMILES string of the molecule is Cc1ccccc1-c1cccc(-c2cc(CC(C)(C)C)c(C(C)C)c[n+]2C)c1C. The van der Waals surface area contributed by atoms with Crippen molar-refractivity contribution in [2.45, 2.75) is 60.8 Å². The van der Waals surface area contributed by atoms with Gasteiger partial charge < -0.3 is 0 Å². The lowest BCUT2D eigenvalue weighted by molar-refractivity contribution is -0.661. The summed E-state index contributed by atoms with van der Waals surface area (Å²) >= 11 is 0. The van der Waals surface area contributed by atoms with Gasteiger partial charge in [0.05, 0.1) is 0 Å². The Bertz CT molecular complexity index is 1020. The van der Waals surface area contributed by atoms with Crippen molar-refractivity contribution in [3.63, 3.8) is 0 Å². The number of aromatic nitrogens is 1. The van der Waals surface area contributed by atoms with Gasteiger partial charge in [-0.1, -0.05) is 71.0 Å². The number of hydrogen-bond donors (Lipinski definition) is 0. The average molecular weight is 387 g/mol. The highest BCUT2D eigenvalue weighted by Gasteiger charge is 2.23. The van der Waals surface area contributed by atoms with Gasteiger partial charge in [-0.15, -0.1) is 0 Å². The highest BCUT2D eigenvalue weighted by molar-refractivity contribution is 5.77. The molecule has 0 bridgehead atoms. The van der Waals surface area contributed by atoms with E-state index in [1.165, 1.54) is 44.6 Å². The van der Waals surface area contributed by atoms with E-state index in [2.05, 4.69) is 115 Å². The molecule has 0 N–H and O–H groups in total. The number of pyridine rings is 1. The molecular weight excluding hydrogens is 350 g/mol. The Morgan fingerprint density at radius 3 is 2.10 bits per heavy atom. The fourth-order valence-corrected chi connectivity index (χ4v) is 4.30. The summed E-state index contributed by atoms with van der Waals surface area (Å²) in [6, 6.07) is 17.8. The van der Waals surface area contributed by atoms with Crippen LogP contribution in [0.1, 0.15) is 62.8 Å². The second kappa shape index (κ2) is 8.14. The van der Waals surface area contributed by atoms with E-state index in [1.54, 1.807) is 0 Å². The fraction of sp³-hybridized carbons (Fsp3) is 0.393. The Labute approximate surface area is 177 Å². The standard InChI is InChI=1S/C28H36N/c1-19(2)26-18-29(8)27(16-22(26)17-28(5,6)7)25-15-11-14-24(21(25)4)23-13-10-9-12-20(23)3/h9-16,18-19H,17H2,1-8H3/q+1. The van der Waals surface area contributed by atoms with Crippen molar-refractivity contribution < 1.29 is 4.57 Å². The third-order valence-electron chi connectivity index (χ3n) is 5.78. The Kier molecular flexibility index (Phi) is 5.98. The molecular formula is C28H36N+. The summed E-state index contributed by atoms with van der Waals surface area (Å²) in [6.07, 6.45) is 3.44. The lowest BCUT2D eigenvalue weighted by Crippen LogP contribution is -2.33. The summed E-state index contributed by atoms with van der Waals surface area (Å²) in [5.41, 5.74) is 11.1. The third-order valence-corrected chi connectivity index (χ3v) is 5.78. The first kappa shape index (κ1) is 21.3. The van der Waals surface area contributed by atoms with Crippen LogP contribution in [0.25, 0.3) is 22.4 Å². The molecule has 1 aromatic heterocycles. The summed E-state index contributed by atoms with van der Waals surface area (Å²) < 4.78 is 2.31. The molecule has 0 saturated heterocycles. The van der Waals surface area contributed by atoms with Gasteiger partial charge >= 0.3 is 0 Å². The van der Waals surface area contributed by atoms with Crippen LogP contribution >= 0.6 is 0 Å². The smallest absolute Gasteiger partial charge is 0.201 e. The number of rotatable bonds is 4. The summed E-state index contributed by atoms with van der Waals surface area (Å²) in [5, 5.41) is 0. The lowest BCUT2D eigenvalue weighted by atomic mass is 9.83. The Morgan fingerprint density at radius 1 is 0.862 bits per heavy atom. The predicted octanol–water partition coefficient (Wildman–Crippen LogP) is 7.17. The van der Waals surface area contributed by atoms with Crippen LogP contribution in [0, 0.1) is 19.3 Å². The van der Waals surface area contributed by atoms with Crippen LogP contribution in [0.2, 0.25) is 0 Å². The van der Waals surface area contributed by atoms with E-state index < -0.39 is 0 Å². The van der Waals surface area contributed by atoms with Crippen LogP contribution in [0.3, 0.4) is 0 Å². The Morgan fingerprint density at radius 2 is 1.48 bits per heavy atom. The van der Waals surface area contributed by atoms with E-state index in [0.717, 1.165) is 6.42 Å². The third kappa shape index (κ3) is 4.61. The molecule has 1 heterocycles. The van der Waals surface area contributed by atoms with Gasteiger partial charge in [0, 0.05) is 17.2 Å². The number of nitrogens with zero attached hydrogens (tertiary/aromatic N) is 1. The molecule has 152 valence electrons. The lowest BCUT2D eigenvalue weighted by Gasteiger charge is -2.22. The van der Waals surface area contributed by atoms with Crippen molar-refractivity contribution in [1.29, 1.82) is 0 Å². The van der Waals surface area contributed by atoms with Crippen molar-refractivity contribution in [3.8, 4) is 22.4 Å². The molecule has 0 amide bonds. The minimum atomic E-state index is 0.263. The van der Waals surface area contributed by atoms with E-state index in [0.29, 0.717) is 5.92 Å². The van der Waals surface area contributed by atoms with Gasteiger partial charge in [-0.05, 0) is 65.5 Å². The van der Waals surface area contributed by atoms with Crippen LogP contribution in [-0.4, -0.2) is 0 Å². The molecule has 3 rings (SSSR count). The average Bonchev–Trinajstić information content (AvgIpc) is 2.63. The molecule has 0 aliphatic rings. The second-order valence-corrected chi connectivity index (χ2v) is 9.94. The van der Waals surface area contributed by atoms with Crippen molar-refractivity contribution in [2.75, 3.05) is 0 Å². The molecule has 0 unspecified atom stereocenters. The molecule has 0 saturated carbocycles. The number of aryl methyl sites for hydroxylation is 2. The highest BCUT2D eigenvalue weighted by atomic mass is 14.9. The number of benzene rings is 2. The highest BCUT2D eigenvalue weighted by Crippen LogP contribution is 2.34.